The minimum absolute atomic E-state index is 0.0466. The van der Waals surface area contributed by atoms with Crippen molar-refractivity contribution in [2.45, 2.75) is 62.6 Å². The first-order valence-corrected chi connectivity index (χ1v) is 16.7. The van der Waals surface area contributed by atoms with E-state index in [9.17, 15) is 24.3 Å². The Morgan fingerprint density at radius 1 is 1.14 bits per heavy atom. The Labute approximate surface area is 284 Å². The lowest BCUT2D eigenvalue weighted by Gasteiger charge is -2.36. The summed E-state index contributed by atoms with van der Waals surface area (Å²) in [5, 5.41) is 21.0. The molecule has 49 heavy (non-hydrogen) atoms. The number of benzene rings is 2. The van der Waals surface area contributed by atoms with Gasteiger partial charge in [0, 0.05) is 26.1 Å². The summed E-state index contributed by atoms with van der Waals surface area (Å²) in [6, 6.07) is 15.5. The Balaban J connectivity index is 1.28. The Hall–Kier alpha value is -4.88. The Morgan fingerprint density at radius 2 is 1.92 bits per heavy atom. The van der Waals surface area contributed by atoms with Crippen molar-refractivity contribution in [3.63, 3.8) is 0 Å². The second-order valence-electron chi connectivity index (χ2n) is 12.7. The molecule has 1 spiro atoms. The smallest absolute Gasteiger partial charge is 0.313 e. The highest BCUT2D eigenvalue weighted by Gasteiger charge is 2.75. The van der Waals surface area contributed by atoms with E-state index in [1.54, 1.807) is 21.7 Å². The zero-order valence-electron chi connectivity index (χ0n) is 27.4. The van der Waals surface area contributed by atoms with Gasteiger partial charge in [-0.05, 0) is 43.4 Å². The number of nitrogens with zero attached hydrogens (tertiary/aromatic N) is 5. The maximum atomic E-state index is 14.6. The number of nitrogens with one attached hydrogen (secondary N) is 1. The molecule has 3 aliphatic heterocycles. The van der Waals surface area contributed by atoms with Crippen LogP contribution in [0.4, 0.5) is 0 Å². The van der Waals surface area contributed by atoms with Gasteiger partial charge in [0.15, 0.2) is 0 Å². The van der Waals surface area contributed by atoms with Gasteiger partial charge in [0.2, 0.25) is 17.7 Å². The maximum absolute atomic E-state index is 14.6. The van der Waals surface area contributed by atoms with E-state index in [4.69, 9.17) is 9.47 Å². The zero-order chi connectivity index (χ0) is 34.5. The van der Waals surface area contributed by atoms with Gasteiger partial charge >= 0.3 is 5.97 Å². The molecule has 2 bridgehead atoms. The summed E-state index contributed by atoms with van der Waals surface area (Å²) >= 11 is 0. The zero-order valence-corrected chi connectivity index (χ0v) is 27.4. The first-order valence-electron chi connectivity index (χ1n) is 16.7. The van der Waals surface area contributed by atoms with Gasteiger partial charge in [-0.15, -0.1) is 18.3 Å². The van der Waals surface area contributed by atoms with Crippen LogP contribution in [0.2, 0.25) is 0 Å². The van der Waals surface area contributed by atoms with Crippen LogP contribution in [0.3, 0.4) is 0 Å². The molecule has 13 heteroatoms. The van der Waals surface area contributed by atoms with Crippen molar-refractivity contribution in [2.75, 3.05) is 26.2 Å². The number of amides is 3. The number of aliphatic hydroxyl groups is 1. The Bertz CT molecular complexity index is 1710. The van der Waals surface area contributed by atoms with Gasteiger partial charge < -0.3 is 29.7 Å². The minimum Gasteiger partial charge on any atom is -0.455 e. The molecule has 2 N–H and O–H groups in total. The average molecular weight is 671 g/mol. The summed E-state index contributed by atoms with van der Waals surface area (Å²) in [4.78, 5) is 58.5. The van der Waals surface area contributed by atoms with Crippen molar-refractivity contribution in [1.82, 2.24) is 30.1 Å². The van der Waals surface area contributed by atoms with Crippen LogP contribution in [0.1, 0.15) is 43.8 Å². The monoisotopic (exact) mass is 670 g/mol. The summed E-state index contributed by atoms with van der Waals surface area (Å²) in [7, 11) is 0. The highest BCUT2D eigenvalue weighted by Crippen LogP contribution is 2.59. The van der Waals surface area contributed by atoms with Crippen LogP contribution in [-0.4, -0.2) is 97.6 Å². The van der Waals surface area contributed by atoms with Crippen LogP contribution in [0.5, 0.6) is 0 Å². The average Bonchev–Trinajstić information content (AvgIpc) is 3.87. The van der Waals surface area contributed by atoms with E-state index < -0.39 is 41.7 Å². The molecule has 2 aromatic carbocycles. The lowest BCUT2D eigenvalue weighted by molar-refractivity contribution is -0.160. The number of para-hydroxylation sites is 1. The van der Waals surface area contributed by atoms with Crippen LogP contribution >= 0.6 is 0 Å². The second kappa shape index (κ2) is 14.7. The molecule has 3 aliphatic rings. The predicted molar refractivity (Wildman–Crippen MR) is 178 cm³/mol. The lowest BCUT2D eigenvalue weighted by Crippen LogP contribution is -2.56. The van der Waals surface area contributed by atoms with E-state index in [1.807, 2.05) is 54.6 Å². The fourth-order valence-corrected chi connectivity index (χ4v) is 7.55. The number of esters is 1. The van der Waals surface area contributed by atoms with Crippen molar-refractivity contribution in [3.05, 3.63) is 85.5 Å². The number of hydrogen-bond donors (Lipinski definition) is 2. The molecular formula is C36H42N6O7. The summed E-state index contributed by atoms with van der Waals surface area (Å²) in [6.45, 7) is 7.69. The maximum Gasteiger partial charge on any atom is 0.313 e. The number of rotatable bonds is 16. The Morgan fingerprint density at radius 3 is 2.67 bits per heavy atom. The van der Waals surface area contributed by atoms with Crippen LogP contribution in [0, 0.1) is 11.8 Å². The standard InChI is InChI=1S/C36H42N6O7/c1-3-5-16-29(44)37-22-28(24-12-7-6-8-13-24)48-35(47)30-27-17-18-36(49-27)31(30)33(45)41(20-11-21-43)32(36)34(46)40(19-4-2)23-42-26-15-10-9-14-25(26)38-39-42/h3-4,6-10,12-15,27-28,30-32,43H,1-2,5,11,16-23H2,(H,37,44)/t27-,28+,30+,31+,32-,36+/m0/s1. The molecule has 0 saturated carbocycles. The third-order valence-electron chi connectivity index (χ3n) is 9.74. The molecule has 1 aromatic heterocycles. The van der Waals surface area contributed by atoms with Crippen LogP contribution < -0.4 is 5.32 Å². The predicted octanol–water partition coefficient (Wildman–Crippen LogP) is 2.53. The quantitative estimate of drug-likeness (QED) is 0.173. The van der Waals surface area contributed by atoms with Gasteiger partial charge in [0.1, 0.15) is 29.9 Å². The first-order chi connectivity index (χ1) is 23.8. The van der Waals surface area contributed by atoms with Crippen molar-refractivity contribution >= 4 is 34.7 Å². The number of likely N-dealkylation sites (tertiary alicyclic amines) is 1. The molecule has 0 aliphatic carbocycles. The van der Waals surface area contributed by atoms with Crippen molar-refractivity contribution in [1.29, 1.82) is 0 Å². The topological polar surface area (TPSA) is 156 Å². The largest absolute Gasteiger partial charge is 0.455 e. The number of carbonyl (C=O) groups is 4. The molecule has 13 nitrogen and oxygen atoms in total. The summed E-state index contributed by atoms with van der Waals surface area (Å²) in [5.41, 5.74) is 0.848. The number of hydrogen-bond acceptors (Lipinski definition) is 9. The molecule has 3 saturated heterocycles. The number of fused-ring (bicyclic) bond motifs is 2. The van der Waals surface area contributed by atoms with Gasteiger partial charge in [-0.1, -0.05) is 59.8 Å². The third kappa shape index (κ3) is 6.47. The number of allylic oxidation sites excluding steroid dienone is 1. The van der Waals surface area contributed by atoms with Gasteiger partial charge in [0.25, 0.3) is 0 Å². The van der Waals surface area contributed by atoms with Crippen LogP contribution in [0.25, 0.3) is 11.0 Å². The van der Waals surface area contributed by atoms with E-state index >= 15 is 0 Å². The highest BCUT2D eigenvalue weighted by molar-refractivity contribution is 5.98. The molecule has 3 aromatic rings. The van der Waals surface area contributed by atoms with Gasteiger partial charge in [-0.3, -0.25) is 19.2 Å². The third-order valence-corrected chi connectivity index (χ3v) is 9.74. The molecule has 4 heterocycles. The van der Waals surface area contributed by atoms with E-state index in [0.717, 1.165) is 5.52 Å². The van der Waals surface area contributed by atoms with Gasteiger partial charge in [0.05, 0.1) is 30.0 Å². The SMILES string of the molecule is C=CCCC(=O)NC[C@@H](OC(=O)[C@@H]1[C@@H]2CC[C@]3(O2)[C@H](C(=O)N(CC=C)Cn2nnc4ccccc42)N(CCCO)C(=O)[C@@H]13)c1ccccc1. The van der Waals surface area contributed by atoms with Crippen LogP contribution in [-0.2, 0) is 35.3 Å². The molecule has 0 radical (unpaired) electrons. The van der Waals surface area contributed by atoms with E-state index in [-0.39, 0.29) is 63.5 Å². The van der Waals surface area contributed by atoms with Crippen LogP contribution in [0.15, 0.2) is 79.9 Å². The van der Waals surface area contributed by atoms with Gasteiger partial charge in [-0.25, -0.2) is 4.68 Å². The minimum atomic E-state index is -1.26. The lowest BCUT2D eigenvalue weighted by atomic mass is 9.70. The summed E-state index contributed by atoms with van der Waals surface area (Å²) in [5.74, 6) is -3.48. The molecule has 3 fully saturated rings. The van der Waals surface area contributed by atoms with Crippen molar-refractivity contribution in [2.24, 2.45) is 11.8 Å². The first kappa shape index (κ1) is 34.0. The molecule has 6 atom stereocenters. The second-order valence-corrected chi connectivity index (χ2v) is 12.7. The van der Waals surface area contributed by atoms with Crippen molar-refractivity contribution < 1.29 is 33.8 Å². The molecular weight excluding hydrogens is 628 g/mol. The highest BCUT2D eigenvalue weighted by atomic mass is 16.6. The summed E-state index contributed by atoms with van der Waals surface area (Å²) in [6.07, 6.45) is 3.71. The fourth-order valence-electron chi connectivity index (χ4n) is 7.55. The molecule has 3 amide bonds. The fraction of sp³-hybridized carbons (Fsp3) is 0.444. The number of aliphatic hydroxyl groups excluding tert-OH is 1. The normalized spacial score (nSPS) is 24.4. The number of carbonyl (C=O) groups excluding carboxylic acids is 4. The molecule has 6 rings (SSSR count). The van der Waals surface area contributed by atoms with Gasteiger partial charge in [-0.2, -0.15) is 0 Å². The van der Waals surface area contributed by atoms with E-state index in [2.05, 4.69) is 28.8 Å². The van der Waals surface area contributed by atoms with E-state index in [1.165, 1.54) is 4.90 Å². The number of ether oxygens (including phenoxy) is 2. The number of aromatic nitrogens is 3. The summed E-state index contributed by atoms with van der Waals surface area (Å²) < 4.78 is 14.3. The van der Waals surface area contributed by atoms with Crippen molar-refractivity contribution in [3.8, 4) is 0 Å². The van der Waals surface area contributed by atoms with E-state index in [0.29, 0.717) is 30.3 Å². The Kier molecular flexibility index (Phi) is 10.2. The molecule has 0 unspecified atom stereocenters. The molecule has 258 valence electrons.